The van der Waals surface area contributed by atoms with Crippen molar-refractivity contribution in [3.63, 3.8) is 0 Å². The van der Waals surface area contributed by atoms with Crippen molar-refractivity contribution in [1.82, 2.24) is 0 Å². The fourth-order valence-corrected chi connectivity index (χ4v) is 4.33. The van der Waals surface area contributed by atoms with Crippen molar-refractivity contribution in [2.75, 3.05) is 0 Å². The molecule has 0 amide bonds. The average Bonchev–Trinajstić information content (AvgIpc) is 3.18. The number of nitrogens with zero attached hydrogens (tertiary/aromatic N) is 1. The summed E-state index contributed by atoms with van der Waals surface area (Å²) in [6, 6.07) is 34.4. The van der Waals surface area contributed by atoms with E-state index in [0.29, 0.717) is 6.61 Å². The average molecular weight is 515 g/mol. The summed E-state index contributed by atoms with van der Waals surface area (Å²) in [5, 5.41) is 0. The standard InChI is InChI=1S/C34H34BNO3/c1-25(27-11-7-6-8-12-27)28-17-21-31(22-18-28)36-23-29-13-9-10-14-32(29)37-24-26-15-19-30(20-16-26)35-38-33(2,3)34(4,5)39-35/h6-23H,1,24H2,2-5H3/b36-23+. The molecule has 1 aliphatic rings. The Morgan fingerprint density at radius 3 is 2.03 bits per heavy atom. The highest BCUT2D eigenvalue weighted by Crippen LogP contribution is 2.36. The molecule has 5 rings (SSSR count). The van der Waals surface area contributed by atoms with Gasteiger partial charge in [-0.05, 0) is 79.7 Å². The number of aliphatic imine (C=N–C) groups is 1. The lowest BCUT2D eigenvalue weighted by Crippen LogP contribution is -2.41. The Hall–Kier alpha value is -3.93. The molecule has 1 heterocycles. The second-order valence-electron chi connectivity index (χ2n) is 10.8. The van der Waals surface area contributed by atoms with Crippen LogP contribution in [0.2, 0.25) is 0 Å². The molecule has 4 aromatic rings. The van der Waals surface area contributed by atoms with Crippen LogP contribution in [0.15, 0.2) is 115 Å². The minimum absolute atomic E-state index is 0.358. The van der Waals surface area contributed by atoms with Crippen LogP contribution in [0.3, 0.4) is 0 Å². The summed E-state index contributed by atoms with van der Waals surface area (Å²) in [6.45, 7) is 12.9. The smallest absolute Gasteiger partial charge is 0.488 e. The van der Waals surface area contributed by atoms with E-state index in [1.165, 1.54) is 0 Å². The molecular weight excluding hydrogens is 481 g/mol. The summed E-state index contributed by atoms with van der Waals surface area (Å²) in [6.07, 6.45) is 1.84. The van der Waals surface area contributed by atoms with Crippen LogP contribution in [0.4, 0.5) is 5.69 Å². The van der Waals surface area contributed by atoms with Gasteiger partial charge >= 0.3 is 7.12 Å². The van der Waals surface area contributed by atoms with Gasteiger partial charge in [-0.3, -0.25) is 4.99 Å². The zero-order chi connectivity index (χ0) is 27.5. The highest BCUT2D eigenvalue weighted by molar-refractivity contribution is 6.62. The molecule has 0 radical (unpaired) electrons. The lowest BCUT2D eigenvalue weighted by Gasteiger charge is -2.32. The van der Waals surface area contributed by atoms with Gasteiger partial charge in [0.15, 0.2) is 0 Å². The summed E-state index contributed by atoms with van der Waals surface area (Å²) >= 11 is 0. The van der Waals surface area contributed by atoms with Crippen molar-refractivity contribution in [1.29, 1.82) is 0 Å². The number of ether oxygens (including phenoxy) is 1. The maximum Gasteiger partial charge on any atom is 0.494 e. The Labute approximate surface area is 232 Å². The minimum atomic E-state index is -0.368. The molecule has 1 aliphatic heterocycles. The molecule has 0 aromatic heterocycles. The third kappa shape index (κ3) is 6.06. The van der Waals surface area contributed by atoms with Crippen molar-refractivity contribution in [2.45, 2.75) is 45.5 Å². The topological polar surface area (TPSA) is 40.0 Å². The number of rotatable bonds is 8. The van der Waals surface area contributed by atoms with Crippen molar-refractivity contribution in [3.8, 4) is 5.75 Å². The Kier molecular flexibility index (Phi) is 7.56. The molecule has 196 valence electrons. The molecule has 4 nitrogen and oxygen atoms in total. The van der Waals surface area contributed by atoms with E-state index in [1.54, 1.807) is 0 Å². The predicted molar refractivity (Wildman–Crippen MR) is 161 cm³/mol. The van der Waals surface area contributed by atoms with Crippen LogP contribution < -0.4 is 10.2 Å². The lowest BCUT2D eigenvalue weighted by molar-refractivity contribution is 0.00578. The minimum Gasteiger partial charge on any atom is -0.488 e. The zero-order valence-corrected chi connectivity index (χ0v) is 23.1. The van der Waals surface area contributed by atoms with Crippen LogP contribution in [0.1, 0.15) is 49.9 Å². The highest BCUT2D eigenvalue weighted by Gasteiger charge is 2.51. The summed E-state index contributed by atoms with van der Waals surface area (Å²) in [4.78, 5) is 4.68. The molecule has 0 atom stereocenters. The summed E-state index contributed by atoms with van der Waals surface area (Å²) in [7, 11) is -0.368. The second kappa shape index (κ2) is 11.1. The van der Waals surface area contributed by atoms with Gasteiger partial charge in [-0.2, -0.15) is 0 Å². The SMILES string of the molecule is C=C(c1ccccc1)c1ccc(/N=C/c2ccccc2OCc2ccc(B3OC(C)(C)C(C)(C)O3)cc2)cc1. The van der Waals surface area contributed by atoms with E-state index in [1.807, 2.05) is 72.9 Å². The van der Waals surface area contributed by atoms with Crippen molar-refractivity contribution in [3.05, 3.63) is 132 Å². The molecule has 0 spiro atoms. The first-order valence-electron chi connectivity index (χ1n) is 13.3. The van der Waals surface area contributed by atoms with Gasteiger partial charge < -0.3 is 14.0 Å². The number of hydrogen-bond donors (Lipinski definition) is 0. The van der Waals surface area contributed by atoms with Crippen LogP contribution in [-0.4, -0.2) is 24.5 Å². The molecule has 39 heavy (non-hydrogen) atoms. The first kappa shape index (κ1) is 26.7. The van der Waals surface area contributed by atoms with Crippen LogP contribution in [-0.2, 0) is 15.9 Å². The largest absolute Gasteiger partial charge is 0.494 e. The van der Waals surface area contributed by atoms with E-state index in [4.69, 9.17) is 14.0 Å². The monoisotopic (exact) mass is 515 g/mol. The van der Waals surface area contributed by atoms with E-state index in [-0.39, 0.29) is 18.3 Å². The molecule has 0 N–H and O–H groups in total. The molecule has 5 heteroatoms. The van der Waals surface area contributed by atoms with E-state index in [0.717, 1.165) is 44.7 Å². The van der Waals surface area contributed by atoms with Gasteiger partial charge in [-0.25, -0.2) is 0 Å². The number of hydrogen-bond acceptors (Lipinski definition) is 4. The summed E-state index contributed by atoms with van der Waals surface area (Å²) in [5.74, 6) is 0.783. The van der Waals surface area contributed by atoms with Gasteiger partial charge in [-0.15, -0.1) is 0 Å². The van der Waals surface area contributed by atoms with Gasteiger partial charge in [0.25, 0.3) is 0 Å². The van der Waals surface area contributed by atoms with Crippen LogP contribution in [0.25, 0.3) is 5.57 Å². The maximum atomic E-state index is 6.18. The third-order valence-corrected chi connectivity index (χ3v) is 7.51. The molecule has 1 fully saturated rings. The van der Waals surface area contributed by atoms with Gasteiger partial charge in [0.1, 0.15) is 12.4 Å². The van der Waals surface area contributed by atoms with Crippen molar-refractivity contribution >= 4 is 30.1 Å². The zero-order valence-electron chi connectivity index (χ0n) is 23.1. The Morgan fingerprint density at radius 1 is 0.769 bits per heavy atom. The molecular formula is C34H34BNO3. The molecule has 0 aliphatic carbocycles. The summed E-state index contributed by atoms with van der Waals surface area (Å²) < 4.78 is 18.5. The second-order valence-corrected chi connectivity index (χ2v) is 10.8. The Balaban J connectivity index is 1.21. The lowest BCUT2D eigenvalue weighted by atomic mass is 9.79. The molecule has 0 saturated carbocycles. The Bertz CT molecular complexity index is 1440. The Morgan fingerprint density at radius 2 is 1.36 bits per heavy atom. The van der Waals surface area contributed by atoms with Gasteiger partial charge in [-0.1, -0.05) is 85.4 Å². The highest BCUT2D eigenvalue weighted by atomic mass is 16.7. The van der Waals surface area contributed by atoms with E-state index in [9.17, 15) is 0 Å². The predicted octanol–water partition coefficient (Wildman–Crippen LogP) is 7.38. The molecule has 0 unspecified atom stereocenters. The van der Waals surface area contributed by atoms with Crippen LogP contribution >= 0.6 is 0 Å². The van der Waals surface area contributed by atoms with Crippen LogP contribution in [0.5, 0.6) is 5.75 Å². The molecule has 1 saturated heterocycles. The van der Waals surface area contributed by atoms with Crippen LogP contribution in [0, 0.1) is 0 Å². The third-order valence-electron chi connectivity index (χ3n) is 7.51. The summed E-state index contributed by atoms with van der Waals surface area (Å²) in [5.41, 5.74) is 6.33. The molecule has 4 aromatic carbocycles. The number of benzene rings is 4. The van der Waals surface area contributed by atoms with Crippen molar-refractivity contribution < 1.29 is 14.0 Å². The quantitative estimate of drug-likeness (QED) is 0.182. The maximum absolute atomic E-state index is 6.18. The first-order valence-corrected chi connectivity index (χ1v) is 13.3. The van der Waals surface area contributed by atoms with E-state index in [2.05, 4.69) is 75.7 Å². The van der Waals surface area contributed by atoms with Crippen molar-refractivity contribution in [2.24, 2.45) is 4.99 Å². The van der Waals surface area contributed by atoms with E-state index >= 15 is 0 Å². The molecule has 0 bridgehead atoms. The fraction of sp³-hybridized carbons (Fsp3) is 0.206. The van der Waals surface area contributed by atoms with Gasteiger partial charge in [0, 0.05) is 11.8 Å². The van der Waals surface area contributed by atoms with E-state index < -0.39 is 0 Å². The normalized spacial score (nSPS) is 15.9. The van der Waals surface area contributed by atoms with Gasteiger partial charge in [0.2, 0.25) is 0 Å². The first-order chi connectivity index (χ1) is 18.7. The fourth-order valence-electron chi connectivity index (χ4n) is 4.33. The number of para-hydroxylation sites is 1. The van der Waals surface area contributed by atoms with Gasteiger partial charge in [0.05, 0.1) is 16.9 Å².